The van der Waals surface area contributed by atoms with Gasteiger partial charge in [0.25, 0.3) is 5.91 Å². The van der Waals surface area contributed by atoms with E-state index in [1.807, 2.05) is 0 Å². The highest BCUT2D eigenvalue weighted by molar-refractivity contribution is 6.34. The molecule has 2 heterocycles. The minimum atomic E-state index is -1.04. The lowest BCUT2D eigenvalue weighted by atomic mass is 10.3. The number of nitrogens with zero attached hydrogens (tertiary/aromatic N) is 5. The second kappa shape index (κ2) is 6.46. The van der Waals surface area contributed by atoms with Crippen molar-refractivity contribution in [3.8, 4) is 0 Å². The summed E-state index contributed by atoms with van der Waals surface area (Å²) in [4.78, 5) is 22.4. The predicted octanol–water partition coefficient (Wildman–Crippen LogP) is 0.390. The van der Waals surface area contributed by atoms with Gasteiger partial charge in [-0.1, -0.05) is 28.4 Å². The van der Waals surface area contributed by atoms with E-state index in [1.165, 1.54) is 12.3 Å². The Morgan fingerprint density at radius 1 is 1.29 bits per heavy atom. The van der Waals surface area contributed by atoms with Crippen LogP contribution in [0.25, 0.3) is 0 Å². The molecule has 2 aromatic heterocycles. The first-order chi connectivity index (χ1) is 9.95. The number of hydrogen-bond donors (Lipinski definition) is 2. The lowest BCUT2D eigenvalue weighted by Gasteiger charge is -2.04. The fourth-order valence-electron chi connectivity index (χ4n) is 1.41. The second-order valence-electron chi connectivity index (χ2n) is 3.86. The number of aromatic nitrogens is 5. The van der Waals surface area contributed by atoms with E-state index in [0.29, 0.717) is 5.69 Å². The molecule has 1 amide bonds. The van der Waals surface area contributed by atoms with Crippen molar-refractivity contribution in [2.45, 2.75) is 13.1 Å². The molecule has 9 nitrogen and oxygen atoms in total. The Kier molecular flexibility index (Phi) is 4.66. The molecule has 0 radical (unpaired) electrons. The first kappa shape index (κ1) is 15.1. The summed E-state index contributed by atoms with van der Waals surface area (Å²) in [5.74, 6) is -1.55. The van der Waals surface area contributed by atoms with E-state index >= 15 is 0 Å². The summed E-state index contributed by atoms with van der Waals surface area (Å²) in [6.07, 6.45) is 1.41. The van der Waals surface area contributed by atoms with Gasteiger partial charge >= 0.3 is 5.97 Å². The Balaban J connectivity index is 1.99. The zero-order chi connectivity index (χ0) is 15.4. The molecule has 0 aromatic carbocycles. The Bertz CT molecular complexity index is 689. The molecule has 0 atom stereocenters. The van der Waals surface area contributed by atoms with Crippen LogP contribution < -0.4 is 5.32 Å². The molecule has 0 saturated carbocycles. The van der Waals surface area contributed by atoms with Crippen molar-refractivity contribution in [3.05, 3.63) is 33.8 Å². The van der Waals surface area contributed by atoms with E-state index in [4.69, 9.17) is 28.3 Å². The number of aliphatic carboxylic acids is 1. The van der Waals surface area contributed by atoms with Crippen LogP contribution in [0.2, 0.25) is 10.3 Å². The number of carboxylic acid groups (broad SMARTS) is 1. The monoisotopic (exact) mass is 330 g/mol. The number of rotatable bonds is 5. The van der Waals surface area contributed by atoms with Crippen LogP contribution in [0.3, 0.4) is 0 Å². The first-order valence-electron chi connectivity index (χ1n) is 5.53. The highest BCUT2D eigenvalue weighted by Gasteiger charge is 2.13. The SMILES string of the molecule is O=C(O)Cn1cc(CNC(=O)c2cc(Cl)nnc2Cl)nn1. The maximum absolute atomic E-state index is 11.9. The van der Waals surface area contributed by atoms with Gasteiger partial charge < -0.3 is 10.4 Å². The molecule has 0 saturated heterocycles. The number of carbonyl (C=O) groups is 2. The predicted molar refractivity (Wildman–Crippen MR) is 70.9 cm³/mol. The number of amides is 1. The van der Waals surface area contributed by atoms with Gasteiger partial charge in [-0.15, -0.1) is 15.3 Å². The van der Waals surface area contributed by atoms with Crippen molar-refractivity contribution < 1.29 is 14.7 Å². The molecule has 11 heteroatoms. The van der Waals surface area contributed by atoms with Gasteiger partial charge in [-0.05, 0) is 6.07 Å². The Labute approximate surface area is 127 Å². The topological polar surface area (TPSA) is 123 Å². The third kappa shape index (κ3) is 4.10. The first-order valence-corrected chi connectivity index (χ1v) is 6.29. The van der Waals surface area contributed by atoms with E-state index in [9.17, 15) is 9.59 Å². The normalized spacial score (nSPS) is 10.4. The smallest absolute Gasteiger partial charge is 0.325 e. The molecule has 0 fully saturated rings. The summed E-state index contributed by atoms with van der Waals surface area (Å²) >= 11 is 11.4. The van der Waals surface area contributed by atoms with Crippen LogP contribution >= 0.6 is 23.2 Å². The summed E-state index contributed by atoms with van der Waals surface area (Å²) < 4.78 is 1.14. The third-order valence-electron chi connectivity index (χ3n) is 2.28. The van der Waals surface area contributed by atoms with Crippen molar-refractivity contribution in [3.63, 3.8) is 0 Å². The lowest BCUT2D eigenvalue weighted by molar-refractivity contribution is -0.137. The summed E-state index contributed by atoms with van der Waals surface area (Å²) in [5, 5.41) is 25.4. The Hall–Kier alpha value is -2.26. The van der Waals surface area contributed by atoms with Crippen LogP contribution in [0.5, 0.6) is 0 Å². The van der Waals surface area contributed by atoms with Crippen LogP contribution in [0.1, 0.15) is 16.1 Å². The van der Waals surface area contributed by atoms with Gasteiger partial charge in [0.1, 0.15) is 12.2 Å². The fourth-order valence-corrected chi connectivity index (χ4v) is 1.74. The number of nitrogens with one attached hydrogen (secondary N) is 1. The quantitative estimate of drug-likeness (QED) is 0.812. The molecule has 0 spiro atoms. The van der Waals surface area contributed by atoms with Gasteiger partial charge in [-0.2, -0.15) is 0 Å². The van der Waals surface area contributed by atoms with Crippen molar-refractivity contribution >= 4 is 35.1 Å². The minimum absolute atomic E-state index is 0.0388. The molecular weight excluding hydrogens is 323 g/mol. The summed E-state index contributed by atoms with van der Waals surface area (Å²) in [5.41, 5.74) is 0.475. The molecule has 0 aliphatic carbocycles. The maximum Gasteiger partial charge on any atom is 0.325 e. The second-order valence-corrected chi connectivity index (χ2v) is 4.60. The number of carboxylic acids is 1. The summed E-state index contributed by atoms with van der Waals surface area (Å²) in [7, 11) is 0. The average Bonchev–Trinajstić information content (AvgIpc) is 2.85. The van der Waals surface area contributed by atoms with E-state index < -0.39 is 11.9 Å². The highest BCUT2D eigenvalue weighted by Crippen LogP contribution is 2.15. The zero-order valence-electron chi connectivity index (χ0n) is 10.3. The number of hydrogen-bond acceptors (Lipinski definition) is 6. The van der Waals surface area contributed by atoms with Crippen molar-refractivity contribution in [1.29, 1.82) is 0 Å². The fraction of sp³-hybridized carbons (Fsp3) is 0.200. The molecule has 0 bridgehead atoms. The van der Waals surface area contributed by atoms with Crippen LogP contribution in [-0.2, 0) is 17.9 Å². The zero-order valence-corrected chi connectivity index (χ0v) is 11.8. The molecule has 2 N–H and O–H groups in total. The van der Waals surface area contributed by atoms with E-state index in [-0.39, 0.29) is 29.0 Å². The third-order valence-corrected chi connectivity index (χ3v) is 2.74. The molecule has 0 aliphatic heterocycles. The van der Waals surface area contributed by atoms with Gasteiger partial charge in [0.2, 0.25) is 0 Å². The van der Waals surface area contributed by atoms with E-state index in [0.717, 1.165) is 4.68 Å². The highest BCUT2D eigenvalue weighted by atomic mass is 35.5. The van der Waals surface area contributed by atoms with Gasteiger partial charge in [0.15, 0.2) is 10.3 Å². The van der Waals surface area contributed by atoms with Gasteiger partial charge in [0.05, 0.1) is 18.3 Å². The lowest BCUT2D eigenvalue weighted by Crippen LogP contribution is -2.23. The minimum Gasteiger partial charge on any atom is -0.480 e. The van der Waals surface area contributed by atoms with Crippen molar-refractivity contribution in [1.82, 2.24) is 30.5 Å². The van der Waals surface area contributed by atoms with E-state index in [1.54, 1.807) is 0 Å². The molecule has 21 heavy (non-hydrogen) atoms. The van der Waals surface area contributed by atoms with Crippen molar-refractivity contribution in [2.24, 2.45) is 0 Å². The molecule has 0 aliphatic rings. The molecule has 2 aromatic rings. The number of carbonyl (C=O) groups excluding carboxylic acids is 1. The average molecular weight is 331 g/mol. The Morgan fingerprint density at radius 3 is 2.76 bits per heavy atom. The maximum atomic E-state index is 11.9. The van der Waals surface area contributed by atoms with Crippen LogP contribution in [0.15, 0.2) is 12.3 Å². The van der Waals surface area contributed by atoms with Gasteiger partial charge in [-0.3, -0.25) is 9.59 Å². The van der Waals surface area contributed by atoms with Gasteiger partial charge in [-0.25, -0.2) is 4.68 Å². The summed E-state index contributed by atoms with van der Waals surface area (Å²) in [6.45, 7) is -0.259. The van der Waals surface area contributed by atoms with Crippen LogP contribution in [-0.4, -0.2) is 42.2 Å². The van der Waals surface area contributed by atoms with E-state index in [2.05, 4.69) is 25.8 Å². The molecule has 0 unspecified atom stereocenters. The molecule has 2 rings (SSSR count). The van der Waals surface area contributed by atoms with Crippen molar-refractivity contribution in [2.75, 3.05) is 0 Å². The molecular formula is C10H8Cl2N6O3. The molecule has 110 valence electrons. The standard InChI is InChI=1S/C10H8Cl2N6O3/c11-7-1-6(9(12)16-15-7)10(21)13-2-5-3-18(17-14-5)4-8(19)20/h1,3H,2,4H2,(H,13,21)(H,19,20). The number of halogens is 2. The summed E-state index contributed by atoms with van der Waals surface area (Å²) in [6, 6.07) is 1.29. The van der Waals surface area contributed by atoms with Crippen LogP contribution in [0, 0.1) is 0 Å². The van der Waals surface area contributed by atoms with Gasteiger partial charge in [0, 0.05) is 0 Å². The largest absolute Gasteiger partial charge is 0.480 e. The Morgan fingerprint density at radius 2 is 2.05 bits per heavy atom. The van der Waals surface area contributed by atoms with Crippen LogP contribution in [0.4, 0.5) is 0 Å².